The molecule has 1 heterocycles. The van der Waals surface area contributed by atoms with Crippen LogP contribution in [-0.4, -0.2) is 24.8 Å². The van der Waals surface area contributed by atoms with Gasteiger partial charge in [0.05, 0.1) is 10.5 Å². The molecular weight excluding hydrogens is 482 g/mol. The number of nitrogens with zero attached hydrogens (tertiary/aromatic N) is 1. The molecule has 3 aromatic rings. The van der Waals surface area contributed by atoms with E-state index in [0.717, 1.165) is 6.20 Å². The van der Waals surface area contributed by atoms with E-state index in [-0.39, 0.29) is 23.5 Å². The Balaban J connectivity index is 1.67. The van der Waals surface area contributed by atoms with Crippen molar-refractivity contribution in [3.8, 4) is 0 Å². The number of thioether (sulfide) groups is 1. The highest BCUT2D eigenvalue weighted by Crippen LogP contribution is 2.37. The Hall–Kier alpha value is -2.96. The fourth-order valence-electron chi connectivity index (χ4n) is 2.76. The van der Waals surface area contributed by atoms with E-state index in [4.69, 9.17) is 0 Å². The Morgan fingerprint density at radius 1 is 0.970 bits per heavy atom. The minimum atomic E-state index is -4.61. The molecule has 0 aliphatic heterocycles. The van der Waals surface area contributed by atoms with Gasteiger partial charge in [-0.05, 0) is 47.5 Å². The topological polar surface area (TPSA) is 88.2 Å². The van der Waals surface area contributed by atoms with Crippen molar-refractivity contribution in [1.29, 1.82) is 0 Å². The minimum Gasteiger partial charge on any atom is -0.348 e. The minimum absolute atomic E-state index is 0.0830. The van der Waals surface area contributed by atoms with Crippen LogP contribution in [0.2, 0.25) is 0 Å². The van der Waals surface area contributed by atoms with E-state index in [1.165, 1.54) is 48.5 Å². The number of carbonyl (C=O) groups is 1. The first-order valence-electron chi connectivity index (χ1n) is 9.35. The normalized spacial score (nSPS) is 11.9. The Morgan fingerprint density at radius 3 is 2.36 bits per heavy atom. The Morgan fingerprint density at radius 2 is 1.67 bits per heavy atom. The van der Waals surface area contributed by atoms with Crippen molar-refractivity contribution in [1.82, 2.24) is 15.0 Å². The van der Waals surface area contributed by atoms with E-state index in [0.29, 0.717) is 11.1 Å². The summed E-state index contributed by atoms with van der Waals surface area (Å²) in [5.41, 5.74) is -4.01. The van der Waals surface area contributed by atoms with Gasteiger partial charge in [-0.15, -0.1) is 0 Å². The fourth-order valence-corrected chi connectivity index (χ4v) is 4.45. The maximum absolute atomic E-state index is 13.3. The molecule has 0 spiro atoms. The molecule has 0 fully saturated rings. The van der Waals surface area contributed by atoms with Crippen LogP contribution in [0.25, 0.3) is 0 Å². The average molecular weight is 500 g/mol. The number of rotatable bonds is 8. The van der Waals surface area contributed by atoms with Gasteiger partial charge in [0.25, 0.3) is 5.91 Å². The van der Waals surface area contributed by atoms with Gasteiger partial charge < -0.3 is 5.32 Å². The number of halogens is 4. The summed E-state index contributed by atoms with van der Waals surface area (Å²) in [5.74, 6) is -1.28. The highest BCUT2D eigenvalue weighted by atomic mass is 32.2. The van der Waals surface area contributed by atoms with E-state index in [9.17, 15) is 30.8 Å². The highest BCUT2D eigenvalue weighted by molar-refractivity contribution is 8.00. The molecule has 0 atom stereocenters. The SMILES string of the molecule is O=C(NCc1cccc(S(=O)(=O)NCc2cccc(F)c2)c1)c1cccnc1SC(F)(F)F. The van der Waals surface area contributed by atoms with Crippen molar-refractivity contribution in [2.75, 3.05) is 0 Å². The number of hydrogen-bond donors (Lipinski definition) is 2. The maximum Gasteiger partial charge on any atom is 0.447 e. The molecule has 1 aromatic heterocycles. The molecule has 2 N–H and O–H groups in total. The number of alkyl halides is 3. The van der Waals surface area contributed by atoms with Crippen LogP contribution < -0.4 is 10.0 Å². The lowest BCUT2D eigenvalue weighted by molar-refractivity contribution is -0.0329. The molecule has 174 valence electrons. The van der Waals surface area contributed by atoms with E-state index in [1.54, 1.807) is 12.1 Å². The molecule has 0 radical (unpaired) electrons. The summed E-state index contributed by atoms with van der Waals surface area (Å²) in [5, 5.41) is 1.98. The van der Waals surface area contributed by atoms with Gasteiger partial charge >= 0.3 is 5.51 Å². The molecular formula is C21H17F4N3O3S2. The summed E-state index contributed by atoms with van der Waals surface area (Å²) in [7, 11) is -3.94. The first kappa shape index (κ1) is 24.7. The largest absolute Gasteiger partial charge is 0.447 e. The summed E-state index contributed by atoms with van der Waals surface area (Å²) in [6.07, 6.45) is 1.15. The molecule has 0 saturated heterocycles. The van der Waals surface area contributed by atoms with Gasteiger partial charge in [-0.1, -0.05) is 24.3 Å². The van der Waals surface area contributed by atoms with Crippen LogP contribution in [0, 0.1) is 5.82 Å². The second kappa shape index (κ2) is 10.3. The predicted octanol–water partition coefficient (Wildman–Crippen LogP) is 4.24. The Kier molecular flexibility index (Phi) is 7.72. The molecule has 6 nitrogen and oxygen atoms in total. The quantitative estimate of drug-likeness (QED) is 0.358. The van der Waals surface area contributed by atoms with Gasteiger partial charge in [0, 0.05) is 31.0 Å². The third kappa shape index (κ3) is 7.27. The average Bonchev–Trinajstić information content (AvgIpc) is 2.76. The Bertz CT molecular complexity index is 1250. The first-order chi connectivity index (χ1) is 15.5. The number of sulfonamides is 1. The fraction of sp³-hybridized carbons (Fsp3) is 0.143. The number of hydrogen-bond acceptors (Lipinski definition) is 5. The molecule has 0 aliphatic carbocycles. The second-order valence-corrected chi connectivity index (χ2v) is 9.51. The molecule has 0 unspecified atom stereocenters. The third-order valence-corrected chi connectivity index (χ3v) is 6.39. The highest BCUT2D eigenvalue weighted by Gasteiger charge is 2.32. The van der Waals surface area contributed by atoms with Crippen molar-refractivity contribution >= 4 is 27.7 Å². The van der Waals surface area contributed by atoms with Gasteiger partial charge in [-0.2, -0.15) is 13.2 Å². The van der Waals surface area contributed by atoms with Gasteiger partial charge in [0.2, 0.25) is 10.0 Å². The van der Waals surface area contributed by atoms with Crippen LogP contribution in [0.3, 0.4) is 0 Å². The molecule has 33 heavy (non-hydrogen) atoms. The zero-order chi connectivity index (χ0) is 24.1. The molecule has 1 amide bonds. The van der Waals surface area contributed by atoms with Crippen LogP contribution in [0.15, 0.2) is 76.8 Å². The van der Waals surface area contributed by atoms with Gasteiger partial charge in [0.15, 0.2) is 0 Å². The number of amides is 1. The molecule has 2 aromatic carbocycles. The molecule has 3 rings (SSSR count). The summed E-state index contributed by atoms with van der Waals surface area (Å²) >= 11 is -0.495. The van der Waals surface area contributed by atoms with Gasteiger partial charge in [-0.3, -0.25) is 4.79 Å². The number of nitrogens with one attached hydrogen (secondary N) is 2. The van der Waals surface area contributed by atoms with Crippen molar-refractivity contribution in [3.05, 3.63) is 89.4 Å². The molecule has 0 saturated carbocycles. The number of pyridine rings is 1. The van der Waals surface area contributed by atoms with E-state index >= 15 is 0 Å². The lowest BCUT2D eigenvalue weighted by atomic mass is 10.2. The van der Waals surface area contributed by atoms with Crippen LogP contribution in [-0.2, 0) is 23.1 Å². The van der Waals surface area contributed by atoms with E-state index < -0.39 is 44.0 Å². The lowest BCUT2D eigenvalue weighted by Gasteiger charge is -2.11. The van der Waals surface area contributed by atoms with Crippen molar-refractivity contribution in [2.24, 2.45) is 0 Å². The van der Waals surface area contributed by atoms with Crippen LogP contribution in [0.1, 0.15) is 21.5 Å². The van der Waals surface area contributed by atoms with Crippen LogP contribution in [0.5, 0.6) is 0 Å². The summed E-state index contributed by atoms with van der Waals surface area (Å²) in [6, 6.07) is 13.7. The first-order valence-corrected chi connectivity index (χ1v) is 11.7. The number of carbonyl (C=O) groups excluding carboxylic acids is 1. The monoisotopic (exact) mass is 499 g/mol. The molecule has 0 aliphatic rings. The van der Waals surface area contributed by atoms with Crippen molar-refractivity contribution < 1.29 is 30.8 Å². The second-order valence-electron chi connectivity index (χ2n) is 6.69. The van der Waals surface area contributed by atoms with Gasteiger partial charge in [0.1, 0.15) is 10.8 Å². The summed E-state index contributed by atoms with van der Waals surface area (Å²) < 4.78 is 78.9. The van der Waals surface area contributed by atoms with Crippen LogP contribution >= 0.6 is 11.8 Å². The van der Waals surface area contributed by atoms with E-state index in [2.05, 4.69) is 15.0 Å². The van der Waals surface area contributed by atoms with Crippen molar-refractivity contribution in [3.63, 3.8) is 0 Å². The molecule has 12 heteroatoms. The Labute approximate surface area is 191 Å². The molecule has 0 bridgehead atoms. The van der Waals surface area contributed by atoms with Crippen LogP contribution in [0.4, 0.5) is 17.6 Å². The number of aromatic nitrogens is 1. The predicted molar refractivity (Wildman–Crippen MR) is 114 cm³/mol. The third-order valence-electron chi connectivity index (χ3n) is 4.25. The van der Waals surface area contributed by atoms with Gasteiger partial charge in [-0.25, -0.2) is 22.5 Å². The number of benzene rings is 2. The van der Waals surface area contributed by atoms with Crippen molar-refractivity contribution in [2.45, 2.75) is 28.5 Å². The standard InChI is InChI=1S/C21H17F4N3O3S2/c22-16-6-1-4-14(10-16)13-28-33(30,31)17-7-2-5-15(11-17)12-27-19(29)18-8-3-9-26-20(18)32-21(23,24)25/h1-11,28H,12-13H2,(H,27,29). The zero-order valence-electron chi connectivity index (χ0n) is 16.8. The van der Waals surface area contributed by atoms with E-state index in [1.807, 2.05) is 0 Å². The zero-order valence-corrected chi connectivity index (χ0v) is 18.4. The lowest BCUT2D eigenvalue weighted by Crippen LogP contribution is -2.25. The smallest absolute Gasteiger partial charge is 0.348 e. The summed E-state index contributed by atoms with van der Waals surface area (Å²) in [6.45, 7) is -0.251. The summed E-state index contributed by atoms with van der Waals surface area (Å²) in [4.78, 5) is 15.9. The maximum atomic E-state index is 13.3.